The second kappa shape index (κ2) is 6.27. The summed E-state index contributed by atoms with van der Waals surface area (Å²) in [5.74, 6) is 0. The molecule has 0 bridgehead atoms. The molecule has 66 valence electrons. The number of hydrogen-bond donors (Lipinski definition) is 2. The van der Waals surface area contributed by atoms with Gasteiger partial charge in [-0.3, -0.25) is 0 Å². The fraction of sp³-hybridized carbons (Fsp3) is 1.00. The third-order valence-electron chi connectivity index (χ3n) is 0.172. The molecule has 0 heterocycles. The summed E-state index contributed by atoms with van der Waals surface area (Å²) < 4.78 is 56.3. The van der Waals surface area contributed by atoms with Crippen LogP contribution in [0.3, 0.4) is 0 Å². The third kappa shape index (κ3) is 18.6. The summed E-state index contributed by atoms with van der Waals surface area (Å²) in [7, 11) is 0. The van der Waals surface area contributed by atoms with Crippen LogP contribution in [0.4, 0.5) is 0 Å². The van der Waals surface area contributed by atoms with Gasteiger partial charge in [0.25, 0.3) is 0 Å². The van der Waals surface area contributed by atoms with E-state index in [1.165, 1.54) is 0 Å². The van der Waals surface area contributed by atoms with E-state index in [9.17, 15) is 15.2 Å². The molecule has 0 fully saturated rings. The van der Waals surface area contributed by atoms with Crippen LogP contribution in [0.25, 0.3) is 0 Å². The molecule has 11 heavy (non-hydrogen) atoms. The van der Waals surface area contributed by atoms with E-state index in [4.69, 9.17) is 8.32 Å². The van der Waals surface area contributed by atoms with E-state index in [1.807, 2.05) is 0 Å². The zero-order valence-electron chi connectivity index (χ0n) is 5.75. The van der Waals surface area contributed by atoms with Gasteiger partial charge in [0.1, 0.15) is 0 Å². The summed E-state index contributed by atoms with van der Waals surface area (Å²) >= 11 is -11.5. The Labute approximate surface area is 112 Å². The standard InChI is InChI=1S/CH4.2Cr.K.2H2O.5O.H/h1H4;;;;2*1H2;;;;;;/q;3*+1;;;;;;;;-1/p-2. The van der Waals surface area contributed by atoms with Gasteiger partial charge >= 0.3 is 105 Å². The Kier molecular flexibility index (Phi) is 10.6. The molecule has 0 aliphatic carbocycles. The average molecular weight is 274 g/mol. The van der Waals surface area contributed by atoms with Crippen LogP contribution in [0.1, 0.15) is 8.85 Å². The Bertz CT molecular complexity index is 247. The summed E-state index contributed by atoms with van der Waals surface area (Å²) in [6.07, 6.45) is 0. The van der Waals surface area contributed by atoms with Crippen molar-refractivity contribution in [3.63, 3.8) is 0 Å². The molecule has 7 nitrogen and oxygen atoms in total. The van der Waals surface area contributed by atoms with Crippen LogP contribution in [-0.2, 0) is 45.3 Å². The van der Waals surface area contributed by atoms with E-state index in [0.717, 1.165) is 0 Å². The maximum atomic E-state index is 9.53. The van der Waals surface area contributed by atoms with Crippen molar-refractivity contribution in [2.45, 2.75) is 7.43 Å². The van der Waals surface area contributed by atoms with Crippen LogP contribution in [0, 0.1) is 0 Å². The van der Waals surface area contributed by atoms with Crippen molar-refractivity contribution in [3.8, 4) is 0 Å². The Hall–Kier alpha value is 1.78. The normalized spacial score (nSPS) is 11.1. The monoisotopic (exact) mass is 274 g/mol. The molecule has 0 aromatic carbocycles. The Morgan fingerprint density at radius 3 is 1.18 bits per heavy atom. The minimum atomic E-state index is -5.76. The number of rotatable bonds is 2. The summed E-state index contributed by atoms with van der Waals surface area (Å²) in [4.78, 5) is 0. The Balaban J connectivity index is -0.000000107. The van der Waals surface area contributed by atoms with Crippen molar-refractivity contribution in [2.75, 3.05) is 0 Å². The first kappa shape index (κ1) is 18.5. The predicted octanol–water partition coefficient (Wildman–Crippen LogP) is -3.91. The number of hydrogen-bond acceptors (Lipinski definition) is 5. The molecule has 0 aromatic rings. The van der Waals surface area contributed by atoms with Gasteiger partial charge in [-0.15, -0.1) is 0 Å². The van der Waals surface area contributed by atoms with Gasteiger partial charge < -0.3 is 1.43 Å². The molecule has 2 N–H and O–H groups in total. The van der Waals surface area contributed by atoms with Crippen molar-refractivity contribution in [1.82, 2.24) is 0 Å². The second-order valence-electron chi connectivity index (χ2n) is 0.924. The van der Waals surface area contributed by atoms with E-state index < -0.39 is 27.2 Å². The van der Waals surface area contributed by atoms with E-state index in [-0.39, 0.29) is 60.2 Å². The summed E-state index contributed by atoms with van der Waals surface area (Å²) in [6, 6.07) is 0. The van der Waals surface area contributed by atoms with Gasteiger partial charge in [-0.2, -0.15) is 0 Å². The van der Waals surface area contributed by atoms with Crippen LogP contribution >= 0.6 is 0 Å². The molecule has 0 spiro atoms. The van der Waals surface area contributed by atoms with Gasteiger partial charge in [0.2, 0.25) is 0 Å². The molecule has 0 amide bonds. The first-order valence-corrected chi connectivity index (χ1v) is 5.63. The molecule has 10 heteroatoms. The van der Waals surface area contributed by atoms with E-state index >= 15 is 0 Å². The zero-order valence-corrected chi connectivity index (χ0v) is 10.4. The molecule has 0 aromatic heterocycles. The first-order chi connectivity index (χ1) is 3.71. The first-order valence-electron chi connectivity index (χ1n) is 1.37. The molecule has 0 rings (SSSR count). The molecule has 0 saturated heterocycles. The van der Waals surface area contributed by atoms with Crippen LogP contribution in [0.15, 0.2) is 0 Å². The molecule has 0 unspecified atom stereocenters. The van der Waals surface area contributed by atoms with Gasteiger partial charge in [0, 0.05) is 0 Å². The van der Waals surface area contributed by atoms with E-state index in [1.54, 1.807) is 0 Å². The summed E-state index contributed by atoms with van der Waals surface area (Å²) in [5.41, 5.74) is 0. The molecule has 0 radical (unpaired) electrons. The predicted molar refractivity (Wildman–Crippen MR) is 16.1 cm³/mol. The second-order valence-corrected chi connectivity index (χ2v) is 4.68. The zero-order chi connectivity index (χ0) is 7.71. The maximum absolute atomic E-state index is 9.53. The molecular formula is CH7Cr2KO7. The topological polar surface area (TPSA) is 118 Å². The average Bonchev–Trinajstić information content (AvgIpc) is 1.14. The van der Waals surface area contributed by atoms with Gasteiger partial charge in [0.05, 0.1) is 0 Å². The minimum absolute atomic E-state index is 0. The quantitative estimate of drug-likeness (QED) is 0.494. The summed E-state index contributed by atoms with van der Waals surface area (Å²) in [5, 5.41) is 0. The third-order valence-corrected chi connectivity index (χ3v) is 2.92. The van der Waals surface area contributed by atoms with E-state index in [2.05, 4.69) is 2.84 Å². The van der Waals surface area contributed by atoms with E-state index in [0.29, 0.717) is 0 Å². The van der Waals surface area contributed by atoms with Gasteiger partial charge in [0.15, 0.2) is 0 Å². The van der Waals surface area contributed by atoms with Crippen molar-refractivity contribution in [2.24, 2.45) is 0 Å². The van der Waals surface area contributed by atoms with Crippen molar-refractivity contribution >= 4 is 0 Å². The van der Waals surface area contributed by atoms with Crippen molar-refractivity contribution < 1.29 is 106 Å². The molecule has 0 atom stereocenters. The van der Waals surface area contributed by atoms with Crippen LogP contribution in [0.2, 0.25) is 0 Å². The summed E-state index contributed by atoms with van der Waals surface area (Å²) in [6.45, 7) is 0. The van der Waals surface area contributed by atoms with Crippen LogP contribution < -0.4 is 51.4 Å². The van der Waals surface area contributed by atoms with Crippen molar-refractivity contribution in [1.29, 1.82) is 0 Å². The van der Waals surface area contributed by atoms with Gasteiger partial charge in [-0.1, -0.05) is 7.43 Å². The van der Waals surface area contributed by atoms with Gasteiger partial charge in [-0.05, 0) is 0 Å². The SMILES string of the molecule is C.[H-].[K+].[O]=[Cr](=[O])([OH])[O][Cr](=[O])(=[O])[OH]. The van der Waals surface area contributed by atoms with Crippen LogP contribution in [-0.4, -0.2) is 8.32 Å². The Morgan fingerprint density at radius 1 is 1.00 bits per heavy atom. The molecule has 0 aliphatic heterocycles. The molecular weight excluding hydrogens is 267 g/mol. The van der Waals surface area contributed by atoms with Crippen molar-refractivity contribution in [3.05, 3.63) is 0 Å². The van der Waals surface area contributed by atoms with Crippen LogP contribution in [0.5, 0.6) is 0 Å². The fourth-order valence-electron chi connectivity index (χ4n) is 0.109. The Morgan fingerprint density at radius 2 is 1.18 bits per heavy atom. The fourth-order valence-corrected chi connectivity index (χ4v) is 1.85. The van der Waals surface area contributed by atoms with Gasteiger partial charge in [-0.25, -0.2) is 0 Å². The molecule has 0 saturated carbocycles. The molecule has 0 aliphatic rings.